The highest BCUT2D eigenvalue weighted by atomic mass is 16.3. The van der Waals surface area contributed by atoms with Crippen molar-refractivity contribution in [2.45, 2.75) is 6.92 Å². The lowest BCUT2D eigenvalue weighted by Crippen LogP contribution is -1.77. The molecule has 0 aliphatic rings. The second-order valence-corrected chi connectivity index (χ2v) is 4.34. The molecule has 2 aromatic carbocycles. The SMILES string of the molecule is CC(/C=C/c1ccccc1O)=C\c1ccccc1O.N.N. The van der Waals surface area contributed by atoms with Crippen LogP contribution in [0.1, 0.15) is 18.1 Å². The molecule has 0 unspecified atom stereocenters. The number of benzene rings is 2. The average Bonchev–Trinajstić information content (AvgIpc) is 2.40. The van der Waals surface area contributed by atoms with Crippen molar-refractivity contribution < 1.29 is 10.2 Å². The Labute approximate surface area is 125 Å². The van der Waals surface area contributed by atoms with E-state index in [9.17, 15) is 10.2 Å². The Morgan fingerprint density at radius 1 is 0.810 bits per heavy atom. The van der Waals surface area contributed by atoms with Crippen molar-refractivity contribution in [3.05, 3.63) is 71.3 Å². The summed E-state index contributed by atoms with van der Waals surface area (Å²) in [6.07, 6.45) is 5.65. The summed E-state index contributed by atoms with van der Waals surface area (Å²) in [6, 6.07) is 14.4. The van der Waals surface area contributed by atoms with Gasteiger partial charge in [-0.25, -0.2) is 0 Å². The minimum atomic E-state index is 0. The van der Waals surface area contributed by atoms with Crippen LogP contribution in [0.5, 0.6) is 11.5 Å². The van der Waals surface area contributed by atoms with Gasteiger partial charge in [0, 0.05) is 11.1 Å². The van der Waals surface area contributed by atoms with Crippen molar-refractivity contribution in [1.29, 1.82) is 0 Å². The van der Waals surface area contributed by atoms with E-state index in [4.69, 9.17) is 0 Å². The molecule has 21 heavy (non-hydrogen) atoms. The molecule has 0 amide bonds. The lowest BCUT2D eigenvalue weighted by atomic mass is 10.1. The molecule has 0 fully saturated rings. The summed E-state index contributed by atoms with van der Waals surface area (Å²) in [4.78, 5) is 0. The Morgan fingerprint density at radius 3 is 1.81 bits per heavy atom. The maximum absolute atomic E-state index is 9.68. The maximum atomic E-state index is 9.68. The first-order chi connectivity index (χ1) is 9.16. The van der Waals surface area contributed by atoms with Gasteiger partial charge in [0.05, 0.1) is 0 Å². The van der Waals surface area contributed by atoms with E-state index in [1.807, 2.05) is 49.4 Å². The van der Waals surface area contributed by atoms with Gasteiger partial charge >= 0.3 is 0 Å². The zero-order valence-corrected chi connectivity index (χ0v) is 12.2. The number of aromatic hydroxyl groups is 2. The Hall–Kier alpha value is -2.56. The Morgan fingerprint density at radius 2 is 1.29 bits per heavy atom. The molecule has 0 aliphatic carbocycles. The van der Waals surface area contributed by atoms with Crippen LogP contribution in [0.4, 0.5) is 0 Å². The zero-order chi connectivity index (χ0) is 13.7. The quantitative estimate of drug-likeness (QED) is 0.621. The number of phenols is 2. The maximum Gasteiger partial charge on any atom is 0.122 e. The van der Waals surface area contributed by atoms with Gasteiger partial charge in [0.25, 0.3) is 0 Å². The molecule has 0 heterocycles. The molecule has 0 spiro atoms. The van der Waals surface area contributed by atoms with Gasteiger partial charge in [0.1, 0.15) is 11.5 Å². The molecule has 2 rings (SSSR count). The Kier molecular flexibility index (Phi) is 7.53. The molecule has 0 aromatic heterocycles. The van der Waals surface area contributed by atoms with Crippen LogP contribution < -0.4 is 12.3 Å². The largest absolute Gasteiger partial charge is 0.507 e. The topological polar surface area (TPSA) is 110 Å². The number of hydrogen-bond donors (Lipinski definition) is 4. The van der Waals surface area contributed by atoms with Gasteiger partial charge in [-0.1, -0.05) is 54.1 Å². The number of para-hydroxylation sites is 2. The molecule has 0 bridgehead atoms. The molecule has 0 aliphatic heterocycles. The van der Waals surface area contributed by atoms with E-state index in [-0.39, 0.29) is 23.8 Å². The summed E-state index contributed by atoms with van der Waals surface area (Å²) in [5, 5.41) is 19.3. The molecule has 0 saturated heterocycles. The summed E-state index contributed by atoms with van der Waals surface area (Å²) in [5.41, 5.74) is 2.54. The summed E-state index contributed by atoms with van der Waals surface area (Å²) >= 11 is 0. The standard InChI is InChI=1S/C17H16O2.2H3N/c1-13(12-15-7-3-5-9-17(15)19)10-11-14-6-2-4-8-16(14)18;;/h2-12,18-19H,1H3;2*1H3/b11-10+,13-12+;;. The number of rotatable bonds is 3. The van der Waals surface area contributed by atoms with Crippen molar-refractivity contribution >= 4 is 12.2 Å². The van der Waals surface area contributed by atoms with Crippen LogP contribution in [-0.2, 0) is 0 Å². The molecule has 0 saturated carbocycles. The third-order valence-corrected chi connectivity index (χ3v) is 2.78. The lowest BCUT2D eigenvalue weighted by Gasteiger charge is -2.00. The second kappa shape index (κ2) is 8.58. The molecular formula is C17H22N2O2. The summed E-state index contributed by atoms with van der Waals surface area (Å²) < 4.78 is 0. The highest BCUT2D eigenvalue weighted by molar-refractivity contribution is 5.65. The van der Waals surface area contributed by atoms with Crippen molar-refractivity contribution in [3.63, 3.8) is 0 Å². The Bertz CT molecular complexity index is 634. The normalized spacial score (nSPS) is 10.8. The Balaban J connectivity index is 0.00000200. The minimum absolute atomic E-state index is 0. The van der Waals surface area contributed by atoms with Crippen molar-refractivity contribution in [1.82, 2.24) is 12.3 Å². The van der Waals surface area contributed by atoms with Gasteiger partial charge < -0.3 is 22.5 Å². The fraction of sp³-hybridized carbons (Fsp3) is 0.0588. The lowest BCUT2D eigenvalue weighted by molar-refractivity contribution is 0.473. The minimum Gasteiger partial charge on any atom is -0.507 e. The molecular weight excluding hydrogens is 264 g/mol. The number of allylic oxidation sites excluding steroid dienone is 2. The van der Waals surface area contributed by atoms with E-state index < -0.39 is 0 Å². The predicted molar refractivity (Wildman–Crippen MR) is 88.9 cm³/mol. The van der Waals surface area contributed by atoms with Crippen molar-refractivity contribution in [3.8, 4) is 11.5 Å². The first-order valence-electron chi connectivity index (χ1n) is 6.09. The fourth-order valence-corrected chi connectivity index (χ4v) is 1.75. The highest BCUT2D eigenvalue weighted by Gasteiger charge is 1.96. The van der Waals surface area contributed by atoms with Gasteiger partial charge in [0.2, 0.25) is 0 Å². The van der Waals surface area contributed by atoms with Crippen LogP contribution in [0.3, 0.4) is 0 Å². The third kappa shape index (κ3) is 5.14. The first-order valence-corrected chi connectivity index (χ1v) is 6.09. The highest BCUT2D eigenvalue weighted by Crippen LogP contribution is 2.21. The van der Waals surface area contributed by atoms with E-state index in [1.165, 1.54) is 0 Å². The number of phenolic OH excluding ortho intramolecular Hbond substituents is 2. The van der Waals surface area contributed by atoms with Gasteiger partial charge in [-0.05, 0) is 25.1 Å². The average molecular weight is 286 g/mol. The van der Waals surface area contributed by atoms with E-state index >= 15 is 0 Å². The third-order valence-electron chi connectivity index (χ3n) is 2.78. The summed E-state index contributed by atoms with van der Waals surface area (Å²) in [6.45, 7) is 1.95. The summed E-state index contributed by atoms with van der Waals surface area (Å²) in [7, 11) is 0. The van der Waals surface area contributed by atoms with Gasteiger partial charge in [-0.15, -0.1) is 0 Å². The fourth-order valence-electron chi connectivity index (χ4n) is 1.75. The van der Waals surface area contributed by atoms with Crippen LogP contribution in [0, 0.1) is 0 Å². The van der Waals surface area contributed by atoms with E-state index in [1.54, 1.807) is 24.3 Å². The second-order valence-electron chi connectivity index (χ2n) is 4.34. The van der Waals surface area contributed by atoms with Crippen molar-refractivity contribution in [2.75, 3.05) is 0 Å². The van der Waals surface area contributed by atoms with E-state index in [0.29, 0.717) is 0 Å². The predicted octanol–water partition coefficient (Wildman–Crippen LogP) is 4.54. The summed E-state index contributed by atoms with van der Waals surface area (Å²) in [5.74, 6) is 0.520. The molecule has 8 N–H and O–H groups in total. The van der Waals surface area contributed by atoms with Gasteiger partial charge in [0.15, 0.2) is 0 Å². The molecule has 0 atom stereocenters. The molecule has 2 aromatic rings. The van der Waals surface area contributed by atoms with Gasteiger partial charge in [-0.2, -0.15) is 0 Å². The zero-order valence-electron chi connectivity index (χ0n) is 12.2. The van der Waals surface area contributed by atoms with Crippen LogP contribution in [0.2, 0.25) is 0 Å². The first kappa shape index (κ1) is 18.4. The molecule has 4 heteroatoms. The van der Waals surface area contributed by atoms with E-state index in [0.717, 1.165) is 16.7 Å². The van der Waals surface area contributed by atoms with Crippen LogP contribution in [0.25, 0.3) is 12.2 Å². The molecule has 112 valence electrons. The van der Waals surface area contributed by atoms with Gasteiger partial charge in [-0.3, -0.25) is 0 Å². The monoisotopic (exact) mass is 286 g/mol. The molecule has 4 nitrogen and oxygen atoms in total. The number of hydrogen-bond acceptors (Lipinski definition) is 4. The van der Waals surface area contributed by atoms with Crippen LogP contribution in [-0.4, -0.2) is 10.2 Å². The van der Waals surface area contributed by atoms with Crippen LogP contribution >= 0.6 is 0 Å². The van der Waals surface area contributed by atoms with E-state index in [2.05, 4.69) is 0 Å². The van der Waals surface area contributed by atoms with Crippen LogP contribution in [0.15, 0.2) is 60.2 Å². The smallest absolute Gasteiger partial charge is 0.122 e. The molecule has 0 radical (unpaired) electrons. The van der Waals surface area contributed by atoms with Crippen molar-refractivity contribution in [2.24, 2.45) is 0 Å².